The van der Waals surface area contributed by atoms with Gasteiger partial charge in [0.05, 0.1) is 12.8 Å². The molecule has 0 unspecified atom stereocenters. The summed E-state index contributed by atoms with van der Waals surface area (Å²) in [7, 11) is 1.57. The number of methoxy groups -OCH3 is 1. The van der Waals surface area contributed by atoms with E-state index in [2.05, 4.69) is 5.32 Å². The van der Waals surface area contributed by atoms with Gasteiger partial charge in [0.1, 0.15) is 5.75 Å². The molecule has 0 aliphatic heterocycles. The third-order valence-corrected chi connectivity index (χ3v) is 4.20. The number of nitrogens with two attached hydrogens (primary N) is 1. The van der Waals surface area contributed by atoms with E-state index >= 15 is 0 Å². The van der Waals surface area contributed by atoms with Gasteiger partial charge >= 0.3 is 0 Å². The van der Waals surface area contributed by atoms with E-state index in [9.17, 15) is 4.79 Å². The summed E-state index contributed by atoms with van der Waals surface area (Å²) in [5.74, 6) is 0.432. The van der Waals surface area contributed by atoms with Crippen LogP contribution in [0.1, 0.15) is 44.6 Å². The van der Waals surface area contributed by atoms with Gasteiger partial charge in [-0.2, -0.15) is 0 Å². The van der Waals surface area contributed by atoms with Crippen LogP contribution in [0.25, 0.3) is 0 Å². The number of nitrogens with one attached hydrogen (secondary N) is 1. The quantitative estimate of drug-likeness (QED) is 0.898. The highest BCUT2D eigenvalue weighted by Crippen LogP contribution is 2.45. The summed E-state index contributed by atoms with van der Waals surface area (Å²) in [6, 6.07) is 3.54. The molecule has 0 bridgehead atoms. The highest BCUT2D eigenvalue weighted by atomic mass is 35.5. The molecule has 3 N–H and O–H groups in total. The second kappa shape index (κ2) is 6.02. The first-order chi connectivity index (χ1) is 9.48. The minimum atomic E-state index is -0.498. The minimum absolute atomic E-state index is 0.161. The van der Waals surface area contributed by atoms with E-state index in [-0.39, 0.29) is 5.91 Å². The molecule has 1 aliphatic carbocycles. The summed E-state index contributed by atoms with van der Waals surface area (Å²) in [4.78, 5) is 11.5. The van der Waals surface area contributed by atoms with Crippen LogP contribution in [-0.4, -0.2) is 13.0 Å². The van der Waals surface area contributed by atoms with Crippen LogP contribution in [-0.2, 0) is 10.3 Å². The van der Waals surface area contributed by atoms with Crippen molar-refractivity contribution >= 4 is 23.2 Å². The Balaban J connectivity index is 2.56. The number of hydrogen-bond acceptors (Lipinski definition) is 3. The Bertz CT molecular complexity index is 511. The summed E-state index contributed by atoms with van der Waals surface area (Å²) in [6.07, 6.45) is 5.07. The molecule has 0 aromatic heterocycles. The molecule has 110 valence electrons. The van der Waals surface area contributed by atoms with E-state index in [0.717, 1.165) is 31.2 Å². The molecule has 0 radical (unpaired) electrons. The third kappa shape index (κ3) is 2.91. The van der Waals surface area contributed by atoms with Crippen molar-refractivity contribution in [2.45, 2.75) is 44.6 Å². The molecule has 1 aromatic rings. The molecule has 0 spiro atoms. The van der Waals surface area contributed by atoms with Gasteiger partial charge in [-0.05, 0) is 25.0 Å². The first-order valence-electron chi connectivity index (χ1n) is 6.91. The summed E-state index contributed by atoms with van der Waals surface area (Å²) < 4.78 is 5.35. The molecule has 1 fully saturated rings. The van der Waals surface area contributed by atoms with E-state index in [1.165, 1.54) is 13.3 Å². The number of ether oxygens (including phenoxy) is 1. The number of amides is 1. The predicted octanol–water partition coefficient (Wildman–Crippen LogP) is 3.43. The number of anilines is 1. The zero-order chi connectivity index (χ0) is 14.8. The van der Waals surface area contributed by atoms with Gasteiger partial charge < -0.3 is 15.8 Å². The average molecular weight is 297 g/mol. The molecule has 1 aromatic carbocycles. The minimum Gasteiger partial charge on any atom is -0.495 e. The van der Waals surface area contributed by atoms with Crippen molar-refractivity contribution in [1.82, 2.24) is 0 Å². The number of carbonyl (C=O) groups excluding carboxylic acids is 1. The lowest BCUT2D eigenvalue weighted by Gasteiger charge is -2.36. The maximum Gasteiger partial charge on any atom is 0.221 e. The fourth-order valence-electron chi connectivity index (χ4n) is 2.95. The molecule has 5 heteroatoms. The van der Waals surface area contributed by atoms with E-state index in [4.69, 9.17) is 22.1 Å². The van der Waals surface area contributed by atoms with Crippen LogP contribution in [0.2, 0.25) is 5.02 Å². The summed E-state index contributed by atoms with van der Waals surface area (Å²) in [5, 5.41) is 3.41. The zero-order valence-corrected chi connectivity index (χ0v) is 12.7. The van der Waals surface area contributed by atoms with Crippen LogP contribution < -0.4 is 15.8 Å². The Morgan fingerprint density at radius 2 is 2.00 bits per heavy atom. The predicted molar refractivity (Wildman–Crippen MR) is 81.3 cm³/mol. The van der Waals surface area contributed by atoms with Crippen LogP contribution in [0.3, 0.4) is 0 Å². The Kier molecular flexibility index (Phi) is 4.55. The van der Waals surface area contributed by atoms with Crippen molar-refractivity contribution in [3.63, 3.8) is 0 Å². The van der Waals surface area contributed by atoms with Crippen molar-refractivity contribution in [2.75, 3.05) is 12.4 Å². The van der Waals surface area contributed by atoms with Crippen molar-refractivity contribution < 1.29 is 9.53 Å². The van der Waals surface area contributed by atoms with Crippen molar-refractivity contribution in [3.05, 3.63) is 22.7 Å². The lowest BCUT2D eigenvalue weighted by molar-refractivity contribution is -0.114. The van der Waals surface area contributed by atoms with Gasteiger partial charge in [-0.1, -0.05) is 30.9 Å². The van der Waals surface area contributed by atoms with Gasteiger partial charge in [-0.15, -0.1) is 0 Å². The monoisotopic (exact) mass is 296 g/mol. The van der Waals surface area contributed by atoms with Crippen molar-refractivity contribution in [3.8, 4) is 5.75 Å². The molecule has 4 nitrogen and oxygen atoms in total. The van der Waals surface area contributed by atoms with Crippen LogP contribution in [0, 0.1) is 0 Å². The van der Waals surface area contributed by atoms with Crippen LogP contribution in [0.4, 0.5) is 5.69 Å². The molecule has 1 amide bonds. The fraction of sp³-hybridized carbons (Fsp3) is 0.533. The number of benzene rings is 1. The van der Waals surface area contributed by atoms with Gasteiger partial charge in [-0.3, -0.25) is 4.79 Å². The lowest BCUT2D eigenvalue weighted by atomic mass is 9.76. The standard InChI is InChI=1S/C15H21ClN2O2/c1-10(19)18-14-12(20-2)7-6-11(16)13(14)15(17)8-4-3-5-9-15/h6-7H,3-5,8-9,17H2,1-2H3,(H,18,19). The Hall–Kier alpha value is -1.26. The second-order valence-electron chi connectivity index (χ2n) is 5.40. The smallest absolute Gasteiger partial charge is 0.221 e. The molecule has 0 heterocycles. The van der Waals surface area contributed by atoms with E-state index in [1.54, 1.807) is 19.2 Å². The maximum atomic E-state index is 11.5. The van der Waals surface area contributed by atoms with Gasteiger partial charge in [0.15, 0.2) is 0 Å². The summed E-state index contributed by atoms with van der Waals surface area (Å²) >= 11 is 6.38. The average Bonchev–Trinajstić information content (AvgIpc) is 2.39. The zero-order valence-electron chi connectivity index (χ0n) is 12.0. The molecule has 0 saturated heterocycles. The van der Waals surface area contributed by atoms with Crippen molar-refractivity contribution in [2.24, 2.45) is 5.73 Å². The highest BCUT2D eigenvalue weighted by molar-refractivity contribution is 6.32. The third-order valence-electron chi connectivity index (χ3n) is 3.88. The SMILES string of the molecule is COc1ccc(Cl)c(C2(N)CCCCC2)c1NC(C)=O. The van der Waals surface area contributed by atoms with Crippen LogP contribution >= 0.6 is 11.6 Å². The Morgan fingerprint density at radius 3 is 2.55 bits per heavy atom. The Morgan fingerprint density at radius 1 is 1.35 bits per heavy atom. The largest absolute Gasteiger partial charge is 0.495 e. The van der Waals surface area contributed by atoms with Gasteiger partial charge in [0, 0.05) is 23.0 Å². The summed E-state index contributed by atoms with van der Waals surface area (Å²) in [5.41, 5.74) is 7.50. The summed E-state index contributed by atoms with van der Waals surface area (Å²) in [6.45, 7) is 1.47. The van der Waals surface area contributed by atoms with Crippen LogP contribution in [0.5, 0.6) is 5.75 Å². The molecular formula is C15H21ClN2O2. The molecule has 1 aliphatic rings. The van der Waals surface area contributed by atoms with Gasteiger partial charge in [0.25, 0.3) is 0 Å². The van der Waals surface area contributed by atoms with Gasteiger partial charge in [-0.25, -0.2) is 0 Å². The van der Waals surface area contributed by atoms with Crippen LogP contribution in [0.15, 0.2) is 12.1 Å². The number of carbonyl (C=O) groups is 1. The van der Waals surface area contributed by atoms with Gasteiger partial charge in [0.2, 0.25) is 5.91 Å². The number of hydrogen-bond donors (Lipinski definition) is 2. The molecule has 20 heavy (non-hydrogen) atoms. The molecule has 1 saturated carbocycles. The number of rotatable bonds is 3. The van der Waals surface area contributed by atoms with Crippen molar-refractivity contribution in [1.29, 1.82) is 0 Å². The number of halogens is 1. The normalized spacial score (nSPS) is 17.6. The first kappa shape index (κ1) is 15.1. The van der Waals surface area contributed by atoms with E-state index in [1.807, 2.05) is 0 Å². The second-order valence-corrected chi connectivity index (χ2v) is 5.80. The fourth-order valence-corrected chi connectivity index (χ4v) is 3.29. The Labute approximate surface area is 124 Å². The molecular weight excluding hydrogens is 276 g/mol. The highest BCUT2D eigenvalue weighted by Gasteiger charge is 2.35. The molecule has 0 atom stereocenters. The lowest BCUT2D eigenvalue weighted by Crippen LogP contribution is -2.39. The van der Waals surface area contributed by atoms with E-state index in [0.29, 0.717) is 16.5 Å². The maximum absolute atomic E-state index is 11.5. The first-order valence-corrected chi connectivity index (χ1v) is 7.29. The topological polar surface area (TPSA) is 64.3 Å². The van der Waals surface area contributed by atoms with E-state index < -0.39 is 5.54 Å². The molecule has 2 rings (SSSR count).